The Balaban J connectivity index is 1.61. The summed E-state index contributed by atoms with van der Waals surface area (Å²) in [6.45, 7) is 4.49. The van der Waals surface area contributed by atoms with Crippen LogP contribution in [0.2, 0.25) is 0 Å². The number of ether oxygens (including phenoxy) is 1. The van der Waals surface area contributed by atoms with E-state index in [0.29, 0.717) is 11.8 Å². The highest BCUT2D eigenvalue weighted by Crippen LogP contribution is 2.41. The van der Waals surface area contributed by atoms with Crippen molar-refractivity contribution in [3.63, 3.8) is 0 Å². The molecule has 30 heavy (non-hydrogen) atoms. The molecule has 8 heteroatoms. The Morgan fingerprint density at radius 2 is 1.83 bits per heavy atom. The number of carbonyl (C=O) groups excluding carboxylic acids is 1. The lowest BCUT2D eigenvalue weighted by Gasteiger charge is -2.24. The highest BCUT2D eigenvalue weighted by Gasteiger charge is 2.49. The van der Waals surface area contributed by atoms with Crippen molar-refractivity contribution in [1.29, 1.82) is 0 Å². The van der Waals surface area contributed by atoms with Gasteiger partial charge in [0.2, 0.25) is 0 Å². The molecule has 0 radical (unpaired) electrons. The summed E-state index contributed by atoms with van der Waals surface area (Å²) in [5.74, 6) is 0.696. The second-order valence-corrected chi connectivity index (χ2v) is 10.9. The van der Waals surface area contributed by atoms with E-state index >= 15 is 0 Å². The Bertz CT molecular complexity index is 1060. The number of thioether (sulfide) groups is 1. The molecule has 2 aliphatic heterocycles. The van der Waals surface area contributed by atoms with Gasteiger partial charge in [-0.15, -0.1) is 0 Å². The van der Waals surface area contributed by atoms with Crippen LogP contribution in [-0.4, -0.2) is 48.9 Å². The topological polar surface area (TPSA) is 76.0 Å². The minimum absolute atomic E-state index is 0.0725. The standard InChI is InChI=1S/C22H24N2O4S2/c1-3-28-18-10-8-17(9-11-18)24-19-13-30(26,27)14-20(19)29-22(24)23-21(25)12-16-6-4-15(2)5-7-16/h4-11,19-20H,3,12-14H2,1-2H3. The third-order valence-electron chi connectivity index (χ3n) is 5.19. The number of benzene rings is 2. The number of carbonyl (C=O) groups is 1. The second-order valence-electron chi connectivity index (χ2n) is 7.55. The van der Waals surface area contributed by atoms with Crippen molar-refractivity contribution >= 4 is 38.4 Å². The first-order valence-electron chi connectivity index (χ1n) is 9.91. The number of anilines is 1. The number of rotatable bonds is 5. The fourth-order valence-electron chi connectivity index (χ4n) is 3.76. The molecule has 158 valence electrons. The Morgan fingerprint density at radius 1 is 1.13 bits per heavy atom. The van der Waals surface area contributed by atoms with E-state index in [1.54, 1.807) is 0 Å². The van der Waals surface area contributed by atoms with Crippen LogP contribution in [0.15, 0.2) is 53.5 Å². The maximum absolute atomic E-state index is 12.7. The summed E-state index contributed by atoms with van der Waals surface area (Å²) < 4.78 is 29.9. The van der Waals surface area contributed by atoms with Crippen LogP contribution < -0.4 is 9.64 Å². The van der Waals surface area contributed by atoms with Crippen LogP contribution in [0.3, 0.4) is 0 Å². The number of sulfone groups is 1. The molecule has 4 rings (SSSR count). The summed E-state index contributed by atoms with van der Waals surface area (Å²) in [7, 11) is -3.09. The number of aliphatic imine (C=N–C) groups is 1. The van der Waals surface area contributed by atoms with Gasteiger partial charge < -0.3 is 9.64 Å². The molecule has 0 N–H and O–H groups in total. The third kappa shape index (κ3) is 4.54. The summed E-state index contributed by atoms with van der Waals surface area (Å²) in [4.78, 5) is 18.9. The van der Waals surface area contributed by atoms with Crippen LogP contribution in [0.1, 0.15) is 18.1 Å². The van der Waals surface area contributed by atoms with E-state index in [1.807, 2.05) is 67.3 Å². The molecule has 0 aliphatic carbocycles. The van der Waals surface area contributed by atoms with Crippen molar-refractivity contribution < 1.29 is 17.9 Å². The van der Waals surface area contributed by atoms with Crippen molar-refractivity contribution in [2.75, 3.05) is 23.0 Å². The highest BCUT2D eigenvalue weighted by molar-refractivity contribution is 8.16. The number of hydrogen-bond donors (Lipinski definition) is 0. The molecule has 2 unspecified atom stereocenters. The molecule has 2 heterocycles. The van der Waals surface area contributed by atoms with E-state index in [-0.39, 0.29) is 35.1 Å². The first-order chi connectivity index (χ1) is 14.3. The van der Waals surface area contributed by atoms with Gasteiger partial charge in [-0.2, -0.15) is 4.99 Å². The fraction of sp³-hybridized carbons (Fsp3) is 0.364. The van der Waals surface area contributed by atoms with Crippen LogP contribution in [0.25, 0.3) is 0 Å². The molecular formula is C22H24N2O4S2. The normalized spacial score (nSPS) is 23.5. The van der Waals surface area contributed by atoms with Gasteiger partial charge >= 0.3 is 0 Å². The Morgan fingerprint density at radius 3 is 2.50 bits per heavy atom. The minimum atomic E-state index is -3.09. The molecule has 6 nitrogen and oxygen atoms in total. The van der Waals surface area contributed by atoms with Gasteiger partial charge in [0.25, 0.3) is 5.91 Å². The predicted octanol–water partition coefficient (Wildman–Crippen LogP) is 3.24. The van der Waals surface area contributed by atoms with E-state index in [9.17, 15) is 13.2 Å². The molecular weight excluding hydrogens is 420 g/mol. The van der Waals surface area contributed by atoms with Gasteiger partial charge in [-0.1, -0.05) is 41.6 Å². The molecule has 0 aromatic heterocycles. The Labute approximate surface area is 181 Å². The maximum Gasteiger partial charge on any atom is 0.252 e. The SMILES string of the molecule is CCOc1ccc(N2C(=NC(=O)Cc3ccc(C)cc3)SC3CS(=O)(=O)CC32)cc1. The zero-order valence-electron chi connectivity index (χ0n) is 16.9. The maximum atomic E-state index is 12.7. The number of nitrogens with zero attached hydrogens (tertiary/aromatic N) is 2. The predicted molar refractivity (Wildman–Crippen MR) is 121 cm³/mol. The summed E-state index contributed by atoms with van der Waals surface area (Å²) in [5.41, 5.74) is 2.87. The lowest BCUT2D eigenvalue weighted by molar-refractivity contribution is -0.117. The van der Waals surface area contributed by atoms with E-state index in [4.69, 9.17) is 4.74 Å². The van der Waals surface area contributed by atoms with Crippen molar-refractivity contribution in [1.82, 2.24) is 0 Å². The monoisotopic (exact) mass is 444 g/mol. The van der Waals surface area contributed by atoms with Crippen molar-refractivity contribution in [3.8, 4) is 5.75 Å². The zero-order valence-corrected chi connectivity index (χ0v) is 18.6. The molecule has 1 amide bonds. The lowest BCUT2D eigenvalue weighted by Crippen LogP contribution is -2.37. The smallest absolute Gasteiger partial charge is 0.252 e. The van der Waals surface area contributed by atoms with Gasteiger partial charge in [0.05, 0.1) is 30.6 Å². The highest BCUT2D eigenvalue weighted by atomic mass is 32.2. The third-order valence-corrected chi connectivity index (χ3v) is 8.40. The molecule has 0 spiro atoms. The molecule has 2 atom stereocenters. The average Bonchev–Trinajstić information content (AvgIpc) is 3.15. The fourth-order valence-corrected chi connectivity index (χ4v) is 7.69. The molecule has 0 bridgehead atoms. The zero-order chi connectivity index (χ0) is 21.3. The lowest BCUT2D eigenvalue weighted by atomic mass is 10.1. The van der Waals surface area contributed by atoms with E-state index < -0.39 is 9.84 Å². The van der Waals surface area contributed by atoms with Gasteiger partial charge in [-0.05, 0) is 43.7 Å². The molecule has 0 saturated carbocycles. The number of fused-ring (bicyclic) bond motifs is 1. The van der Waals surface area contributed by atoms with Gasteiger partial charge in [0, 0.05) is 10.9 Å². The average molecular weight is 445 g/mol. The van der Waals surface area contributed by atoms with E-state index in [1.165, 1.54) is 11.8 Å². The van der Waals surface area contributed by atoms with Gasteiger partial charge in [-0.3, -0.25) is 4.79 Å². The number of aryl methyl sites for hydroxylation is 1. The summed E-state index contributed by atoms with van der Waals surface area (Å²) >= 11 is 1.39. The summed E-state index contributed by atoms with van der Waals surface area (Å²) in [5, 5.41) is 0.452. The van der Waals surface area contributed by atoms with Crippen molar-refractivity contribution in [3.05, 3.63) is 59.7 Å². The van der Waals surface area contributed by atoms with Gasteiger partial charge in [-0.25, -0.2) is 8.42 Å². The summed E-state index contributed by atoms with van der Waals surface area (Å²) in [6.07, 6.45) is 0.217. The minimum Gasteiger partial charge on any atom is -0.494 e. The Kier molecular flexibility index (Phi) is 5.88. The van der Waals surface area contributed by atoms with Gasteiger partial charge in [0.15, 0.2) is 15.0 Å². The van der Waals surface area contributed by atoms with Crippen LogP contribution in [0, 0.1) is 6.92 Å². The molecule has 2 aliphatic rings. The van der Waals surface area contributed by atoms with Crippen molar-refractivity contribution in [2.45, 2.75) is 31.6 Å². The molecule has 2 saturated heterocycles. The molecule has 2 aromatic rings. The van der Waals surface area contributed by atoms with Crippen LogP contribution >= 0.6 is 11.8 Å². The molecule has 2 fully saturated rings. The number of amides is 1. The number of hydrogen-bond acceptors (Lipinski definition) is 5. The van der Waals surface area contributed by atoms with Crippen molar-refractivity contribution in [2.24, 2.45) is 4.99 Å². The molecule has 2 aromatic carbocycles. The van der Waals surface area contributed by atoms with E-state index in [0.717, 1.165) is 22.6 Å². The number of amidine groups is 1. The first-order valence-corrected chi connectivity index (χ1v) is 12.6. The summed E-state index contributed by atoms with van der Waals surface area (Å²) in [6, 6.07) is 15.1. The second kappa shape index (κ2) is 8.43. The quantitative estimate of drug-likeness (QED) is 0.705. The Hall–Kier alpha value is -2.32. The van der Waals surface area contributed by atoms with Gasteiger partial charge in [0.1, 0.15) is 5.75 Å². The largest absolute Gasteiger partial charge is 0.494 e. The first kappa shape index (κ1) is 20.9. The van der Waals surface area contributed by atoms with E-state index in [2.05, 4.69) is 4.99 Å². The van der Waals surface area contributed by atoms with Crippen LogP contribution in [0.5, 0.6) is 5.75 Å². The van der Waals surface area contributed by atoms with Crippen LogP contribution in [0.4, 0.5) is 5.69 Å². The van der Waals surface area contributed by atoms with Crippen LogP contribution in [-0.2, 0) is 21.1 Å².